The highest BCUT2D eigenvalue weighted by molar-refractivity contribution is 6.17. The fraction of sp³-hybridized carbons (Fsp3) is 0.500. The molecule has 18 heavy (non-hydrogen) atoms. The first kappa shape index (κ1) is 13.4. The largest absolute Gasteiger partial charge is 0.393 e. The van der Waals surface area contributed by atoms with E-state index in [1.54, 1.807) is 12.1 Å². The average Bonchev–Trinajstić information content (AvgIpc) is 2.82. The third-order valence-corrected chi connectivity index (χ3v) is 3.74. The maximum Gasteiger partial charge on any atom is 0.251 e. The number of carbonyl (C=O) groups is 1. The first-order valence-electron chi connectivity index (χ1n) is 6.30. The molecule has 0 spiro atoms. The normalized spacial score (nSPS) is 23.0. The molecule has 0 saturated heterocycles. The Morgan fingerprint density at radius 2 is 2.06 bits per heavy atom. The van der Waals surface area contributed by atoms with Crippen molar-refractivity contribution >= 4 is 17.5 Å². The Kier molecular flexibility index (Phi) is 4.61. The second kappa shape index (κ2) is 6.21. The van der Waals surface area contributed by atoms with Crippen molar-refractivity contribution in [2.45, 2.75) is 31.2 Å². The summed E-state index contributed by atoms with van der Waals surface area (Å²) in [6.07, 6.45) is 2.46. The third-order valence-electron chi connectivity index (χ3n) is 3.44. The van der Waals surface area contributed by atoms with Gasteiger partial charge in [-0.2, -0.15) is 0 Å². The number of hydrogen-bond donors (Lipinski definition) is 2. The van der Waals surface area contributed by atoms with E-state index in [0.29, 0.717) is 23.9 Å². The van der Waals surface area contributed by atoms with Crippen molar-refractivity contribution in [3.63, 3.8) is 0 Å². The van der Waals surface area contributed by atoms with Crippen molar-refractivity contribution in [1.29, 1.82) is 0 Å². The first-order chi connectivity index (χ1) is 8.69. The van der Waals surface area contributed by atoms with Crippen LogP contribution in [0.15, 0.2) is 24.3 Å². The van der Waals surface area contributed by atoms with Crippen LogP contribution in [0.2, 0.25) is 0 Å². The predicted molar refractivity (Wildman–Crippen MR) is 71.7 cm³/mol. The zero-order valence-electron chi connectivity index (χ0n) is 10.2. The molecule has 1 saturated carbocycles. The molecule has 3 nitrogen and oxygen atoms in total. The van der Waals surface area contributed by atoms with Gasteiger partial charge in [-0.15, -0.1) is 11.6 Å². The van der Waals surface area contributed by atoms with E-state index in [-0.39, 0.29) is 12.0 Å². The van der Waals surface area contributed by atoms with Crippen molar-refractivity contribution in [2.24, 2.45) is 5.92 Å². The van der Waals surface area contributed by atoms with Crippen LogP contribution in [0.3, 0.4) is 0 Å². The lowest BCUT2D eigenvalue weighted by atomic mass is 10.1. The molecule has 0 aliphatic heterocycles. The molecule has 2 rings (SSSR count). The smallest absolute Gasteiger partial charge is 0.251 e. The minimum atomic E-state index is -0.185. The van der Waals surface area contributed by atoms with Crippen LogP contribution in [0.25, 0.3) is 0 Å². The molecule has 1 aromatic carbocycles. The van der Waals surface area contributed by atoms with Crippen LogP contribution in [-0.4, -0.2) is 23.7 Å². The minimum absolute atomic E-state index is 0.0579. The Morgan fingerprint density at radius 1 is 1.33 bits per heavy atom. The monoisotopic (exact) mass is 267 g/mol. The summed E-state index contributed by atoms with van der Waals surface area (Å²) < 4.78 is 0. The molecule has 1 aliphatic carbocycles. The van der Waals surface area contributed by atoms with Crippen LogP contribution >= 0.6 is 11.6 Å². The summed E-state index contributed by atoms with van der Waals surface area (Å²) in [5.41, 5.74) is 1.66. The van der Waals surface area contributed by atoms with Crippen LogP contribution < -0.4 is 5.32 Å². The van der Waals surface area contributed by atoms with Gasteiger partial charge in [0.1, 0.15) is 0 Å². The number of alkyl halides is 1. The SMILES string of the molecule is O=C(NCC1CCC(O)C1)c1ccc(CCl)cc1. The van der Waals surface area contributed by atoms with Gasteiger partial charge >= 0.3 is 0 Å². The number of nitrogens with one attached hydrogen (secondary N) is 1. The van der Waals surface area contributed by atoms with Crippen LogP contribution in [0.4, 0.5) is 0 Å². The quantitative estimate of drug-likeness (QED) is 0.823. The number of hydrogen-bond acceptors (Lipinski definition) is 2. The zero-order chi connectivity index (χ0) is 13.0. The molecule has 2 unspecified atom stereocenters. The predicted octanol–water partition coefficient (Wildman–Crippen LogP) is 2.32. The minimum Gasteiger partial charge on any atom is -0.393 e. The number of aliphatic hydroxyl groups is 1. The van der Waals surface area contributed by atoms with E-state index >= 15 is 0 Å². The molecule has 1 amide bonds. The molecular formula is C14H18ClNO2. The molecule has 1 aliphatic rings. The fourth-order valence-corrected chi connectivity index (χ4v) is 2.50. The molecule has 0 radical (unpaired) electrons. The van der Waals surface area contributed by atoms with Gasteiger partial charge in [0, 0.05) is 18.0 Å². The zero-order valence-corrected chi connectivity index (χ0v) is 11.0. The van der Waals surface area contributed by atoms with Gasteiger partial charge < -0.3 is 10.4 Å². The Bertz CT molecular complexity index is 405. The maximum atomic E-state index is 11.9. The Labute approximate surface area is 112 Å². The van der Waals surface area contributed by atoms with Gasteiger partial charge in [0.2, 0.25) is 0 Å². The van der Waals surface area contributed by atoms with E-state index in [0.717, 1.165) is 24.8 Å². The molecule has 0 bridgehead atoms. The summed E-state index contributed by atoms with van der Waals surface area (Å²) >= 11 is 5.70. The number of rotatable bonds is 4. The molecule has 2 N–H and O–H groups in total. The van der Waals surface area contributed by atoms with Gasteiger partial charge in [-0.25, -0.2) is 0 Å². The number of halogens is 1. The van der Waals surface area contributed by atoms with Gasteiger partial charge in [0.15, 0.2) is 0 Å². The lowest BCUT2D eigenvalue weighted by molar-refractivity contribution is 0.0945. The summed E-state index contributed by atoms with van der Waals surface area (Å²) in [4.78, 5) is 11.9. The second-order valence-electron chi connectivity index (χ2n) is 4.87. The van der Waals surface area contributed by atoms with E-state index in [9.17, 15) is 9.90 Å². The maximum absolute atomic E-state index is 11.9. The topological polar surface area (TPSA) is 49.3 Å². The standard InChI is InChI=1S/C14H18ClNO2/c15-8-10-1-4-12(5-2-10)14(18)16-9-11-3-6-13(17)7-11/h1-2,4-5,11,13,17H,3,6-9H2,(H,16,18). The van der Waals surface area contributed by atoms with Gasteiger partial charge in [-0.05, 0) is 42.9 Å². The van der Waals surface area contributed by atoms with Crippen molar-refractivity contribution < 1.29 is 9.90 Å². The van der Waals surface area contributed by atoms with Crippen LogP contribution in [0.5, 0.6) is 0 Å². The summed E-state index contributed by atoms with van der Waals surface area (Å²) in [5, 5.41) is 12.3. The highest BCUT2D eigenvalue weighted by Crippen LogP contribution is 2.24. The number of benzene rings is 1. The molecule has 4 heteroatoms. The van der Waals surface area contributed by atoms with Crippen LogP contribution in [-0.2, 0) is 5.88 Å². The molecular weight excluding hydrogens is 250 g/mol. The number of aliphatic hydroxyl groups excluding tert-OH is 1. The van der Waals surface area contributed by atoms with E-state index < -0.39 is 0 Å². The first-order valence-corrected chi connectivity index (χ1v) is 6.83. The average molecular weight is 268 g/mol. The molecule has 2 atom stereocenters. The number of amides is 1. The lowest BCUT2D eigenvalue weighted by Gasteiger charge is -2.11. The van der Waals surface area contributed by atoms with Crippen molar-refractivity contribution in [2.75, 3.05) is 6.54 Å². The Morgan fingerprint density at radius 3 is 2.61 bits per heavy atom. The lowest BCUT2D eigenvalue weighted by Crippen LogP contribution is -2.28. The van der Waals surface area contributed by atoms with E-state index in [1.807, 2.05) is 12.1 Å². The van der Waals surface area contributed by atoms with E-state index in [2.05, 4.69) is 5.32 Å². The molecule has 98 valence electrons. The molecule has 1 fully saturated rings. The highest BCUT2D eigenvalue weighted by atomic mass is 35.5. The van der Waals surface area contributed by atoms with E-state index in [4.69, 9.17) is 11.6 Å². The number of carbonyl (C=O) groups excluding carboxylic acids is 1. The van der Waals surface area contributed by atoms with E-state index in [1.165, 1.54) is 0 Å². The van der Waals surface area contributed by atoms with Gasteiger partial charge in [-0.3, -0.25) is 4.79 Å². The Hall–Kier alpha value is -1.06. The van der Waals surface area contributed by atoms with Crippen molar-refractivity contribution in [3.05, 3.63) is 35.4 Å². The van der Waals surface area contributed by atoms with Gasteiger partial charge in [0.25, 0.3) is 5.91 Å². The van der Waals surface area contributed by atoms with Crippen LogP contribution in [0, 0.1) is 5.92 Å². The molecule has 0 aromatic heterocycles. The fourth-order valence-electron chi connectivity index (χ4n) is 2.32. The molecule has 0 heterocycles. The van der Waals surface area contributed by atoms with Gasteiger partial charge in [0.05, 0.1) is 6.10 Å². The Balaban J connectivity index is 1.83. The second-order valence-corrected chi connectivity index (χ2v) is 5.14. The van der Waals surface area contributed by atoms with Crippen LogP contribution in [0.1, 0.15) is 35.2 Å². The summed E-state index contributed by atoms with van der Waals surface area (Å²) in [7, 11) is 0. The summed E-state index contributed by atoms with van der Waals surface area (Å²) in [5.74, 6) is 0.811. The summed E-state index contributed by atoms with van der Waals surface area (Å²) in [6.45, 7) is 0.646. The highest BCUT2D eigenvalue weighted by Gasteiger charge is 2.23. The van der Waals surface area contributed by atoms with Gasteiger partial charge in [-0.1, -0.05) is 12.1 Å². The third kappa shape index (κ3) is 3.47. The summed E-state index contributed by atoms with van der Waals surface area (Å²) in [6, 6.07) is 7.30. The van der Waals surface area contributed by atoms with Crippen molar-refractivity contribution in [1.82, 2.24) is 5.32 Å². The molecule has 1 aromatic rings. The van der Waals surface area contributed by atoms with Crippen molar-refractivity contribution in [3.8, 4) is 0 Å².